The first kappa shape index (κ1) is 16.6. The van der Waals surface area contributed by atoms with Crippen LogP contribution in [-0.2, 0) is 6.42 Å². The lowest BCUT2D eigenvalue weighted by molar-refractivity contribution is 0.273. The highest BCUT2D eigenvalue weighted by Crippen LogP contribution is 2.27. The molecule has 1 aromatic carbocycles. The zero-order valence-electron chi connectivity index (χ0n) is 13.5. The highest BCUT2D eigenvalue weighted by atomic mass is 19.1. The van der Waals surface area contributed by atoms with Crippen molar-refractivity contribution in [3.63, 3.8) is 0 Å². The number of hydrogen-bond donors (Lipinski definition) is 1. The Bertz CT molecular complexity index is 621. The SMILES string of the molecule is C=CCN(CCF)CCc1c(C)[nH]c2ccc(OCC)cc12. The van der Waals surface area contributed by atoms with E-state index in [0.29, 0.717) is 13.2 Å². The van der Waals surface area contributed by atoms with Crippen LogP contribution < -0.4 is 4.74 Å². The lowest BCUT2D eigenvalue weighted by atomic mass is 10.1. The Labute approximate surface area is 131 Å². The van der Waals surface area contributed by atoms with Crippen LogP contribution >= 0.6 is 0 Å². The number of nitrogens with zero attached hydrogens (tertiary/aromatic N) is 1. The number of fused-ring (bicyclic) bond motifs is 1. The van der Waals surface area contributed by atoms with Gasteiger partial charge in [0.2, 0.25) is 0 Å². The molecule has 0 spiro atoms. The summed E-state index contributed by atoms with van der Waals surface area (Å²) < 4.78 is 18.2. The monoisotopic (exact) mass is 304 g/mol. The molecule has 0 aliphatic rings. The highest BCUT2D eigenvalue weighted by molar-refractivity contribution is 5.86. The summed E-state index contributed by atoms with van der Waals surface area (Å²) in [6, 6.07) is 6.13. The molecule has 4 heteroatoms. The van der Waals surface area contributed by atoms with E-state index in [-0.39, 0.29) is 6.67 Å². The van der Waals surface area contributed by atoms with Crippen molar-refractivity contribution >= 4 is 10.9 Å². The molecule has 0 aliphatic heterocycles. The molecule has 0 bridgehead atoms. The van der Waals surface area contributed by atoms with Crippen LogP contribution in [0.2, 0.25) is 0 Å². The number of aromatic nitrogens is 1. The molecule has 0 fully saturated rings. The van der Waals surface area contributed by atoms with Crippen LogP contribution in [0.1, 0.15) is 18.2 Å². The summed E-state index contributed by atoms with van der Waals surface area (Å²) in [5.41, 5.74) is 3.57. The molecule has 3 nitrogen and oxygen atoms in total. The van der Waals surface area contributed by atoms with Crippen LogP contribution in [0.3, 0.4) is 0 Å². The maximum Gasteiger partial charge on any atom is 0.120 e. The fourth-order valence-electron chi connectivity index (χ4n) is 2.81. The quantitative estimate of drug-likeness (QED) is 0.712. The number of aromatic amines is 1. The van der Waals surface area contributed by atoms with E-state index in [9.17, 15) is 4.39 Å². The van der Waals surface area contributed by atoms with Gasteiger partial charge in [-0.2, -0.15) is 0 Å². The molecule has 2 aromatic rings. The Hall–Kier alpha value is -1.81. The Morgan fingerprint density at radius 2 is 2.18 bits per heavy atom. The molecule has 0 saturated carbocycles. The Morgan fingerprint density at radius 1 is 1.36 bits per heavy atom. The van der Waals surface area contributed by atoms with Crippen molar-refractivity contribution in [3.05, 3.63) is 42.1 Å². The largest absolute Gasteiger partial charge is 0.494 e. The Balaban J connectivity index is 2.19. The number of alkyl halides is 1. The number of rotatable bonds is 9. The van der Waals surface area contributed by atoms with Gasteiger partial charge in [0.1, 0.15) is 12.4 Å². The zero-order valence-corrected chi connectivity index (χ0v) is 13.5. The van der Waals surface area contributed by atoms with E-state index in [1.54, 1.807) is 0 Å². The molecular formula is C18H25FN2O. The number of hydrogen-bond acceptors (Lipinski definition) is 2. The number of aryl methyl sites for hydroxylation is 1. The molecule has 0 atom stereocenters. The van der Waals surface area contributed by atoms with Gasteiger partial charge >= 0.3 is 0 Å². The van der Waals surface area contributed by atoms with Crippen LogP contribution in [0, 0.1) is 6.92 Å². The zero-order chi connectivity index (χ0) is 15.9. The van der Waals surface area contributed by atoms with Gasteiger partial charge in [-0.1, -0.05) is 6.08 Å². The van der Waals surface area contributed by atoms with Crippen molar-refractivity contribution in [1.29, 1.82) is 0 Å². The molecule has 0 saturated heterocycles. The molecular weight excluding hydrogens is 279 g/mol. The van der Waals surface area contributed by atoms with Crippen molar-refractivity contribution in [2.75, 3.05) is 32.9 Å². The van der Waals surface area contributed by atoms with E-state index in [1.807, 2.05) is 19.1 Å². The molecule has 0 aliphatic carbocycles. The Kier molecular flexibility index (Phi) is 6.01. The molecule has 0 amide bonds. The topological polar surface area (TPSA) is 28.3 Å². The van der Waals surface area contributed by atoms with Crippen LogP contribution in [0.15, 0.2) is 30.9 Å². The average Bonchev–Trinajstić information content (AvgIpc) is 2.81. The van der Waals surface area contributed by atoms with Crippen molar-refractivity contribution in [2.45, 2.75) is 20.3 Å². The minimum absolute atomic E-state index is 0.324. The van der Waals surface area contributed by atoms with Crippen LogP contribution in [0.5, 0.6) is 5.75 Å². The second-order valence-electron chi connectivity index (χ2n) is 5.40. The van der Waals surface area contributed by atoms with E-state index in [2.05, 4.69) is 35.5 Å². The van der Waals surface area contributed by atoms with E-state index in [1.165, 1.54) is 16.6 Å². The van der Waals surface area contributed by atoms with E-state index in [4.69, 9.17) is 4.74 Å². The van der Waals surface area contributed by atoms with Gasteiger partial charge in [0.05, 0.1) is 6.61 Å². The summed E-state index contributed by atoms with van der Waals surface area (Å²) in [6.07, 6.45) is 2.71. The van der Waals surface area contributed by atoms with E-state index in [0.717, 1.165) is 30.8 Å². The molecule has 0 unspecified atom stereocenters. The van der Waals surface area contributed by atoms with Crippen molar-refractivity contribution < 1.29 is 9.13 Å². The van der Waals surface area contributed by atoms with Gasteiger partial charge in [0.15, 0.2) is 0 Å². The van der Waals surface area contributed by atoms with E-state index < -0.39 is 0 Å². The second kappa shape index (κ2) is 7.99. The first-order chi connectivity index (χ1) is 10.7. The third kappa shape index (κ3) is 3.89. The summed E-state index contributed by atoms with van der Waals surface area (Å²) in [7, 11) is 0. The minimum atomic E-state index is -0.324. The predicted octanol–water partition coefficient (Wildman–Crippen LogP) is 3.88. The first-order valence-electron chi connectivity index (χ1n) is 7.82. The minimum Gasteiger partial charge on any atom is -0.494 e. The second-order valence-corrected chi connectivity index (χ2v) is 5.40. The molecule has 1 heterocycles. The summed E-state index contributed by atoms with van der Waals surface area (Å²) in [6.45, 7) is 10.1. The molecule has 120 valence electrons. The highest BCUT2D eigenvalue weighted by Gasteiger charge is 2.11. The van der Waals surface area contributed by atoms with Gasteiger partial charge in [-0.3, -0.25) is 4.90 Å². The maximum atomic E-state index is 12.6. The van der Waals surface area contributed by atoms with Gasteiger partial charge in [-0.25, -0.2) is 4.39 Å². The summed E-state index contributed by atoms with van der Waals surface area (Å²) in [4.78, 5) is 5.50. The van der Waals surface area contributed by atoms with Crippen molar-refractivity contribution in [1.82, 2.24) is 9.88 Å². The average molecular weight is 304 g/mol. The molecule has 0 radical (unpaired) electrons. The van der Waals surface area contributed by atoms with Gasteiger partial charge in [0, 0.05) is 36.2 Å². The fraction of sp³-hybridized carbons (Fsp3) is 0.444. The number of benzene rings is 1. The van der Waals surface area contributed by atoms with Gasteiger partial charge in [0.25, 0.3) is 0 Å². The maximum absolute atomic E-state index is 12.6. The molecule has 22 heavy (non-hydrogen) atoms. The summed E-state index contributed by atoms with van der Waals surface area (Å²) >= 11 is 0. The van der Waals surface area contributed by atoms with Crippen LogP contribution in [0.25, 0.3) is 10.9 Å². The lowest BCUT2D eigenvalue weighted by Gasteiger charge is -2.18. The molecule has 1 aromatic heterocycles. The van der Waals surface area contributed by atoms with Crippen LogP contribution in [0.4, 0.5) is 4.39 Å². The van der Waals surface area contributed by atoms with Crippen LogP contribution in [-0.4, -0.2) is 42.8 Å². The predicted molar refractivity (Wildman–Crippen MR) is 90.5 cm³/mol. The van der Waals surface area contributed by atoms with E-state index >= 15 is 0 Å². The van der Waals surface area contributed by atoms with Crippen molar-refractivity contribution in [3.8, 4) is 5.75 Å². The standard InChI is InChI=1S/C18H25FN2O/c1-4-10-21(12-9-19)11-8-16-14(3)20-18-7-6-15(22-5-2)13-17(16)18/h4,6-7,13,20H,1,5,8-12H2,2-3H3. The van der Waals surface area contributed by atoms with Crippen molar-refractivity contribution in [2.24, 2.45) is 0 Å². The first-order valence-corrected chi connectivity index (χ1v) is 7.82. The lowest BCUT2D eigenvalue weighted by Crippen LogP contribution is -2.28. The summed E-state index contributed by atoms with van der Waals surface area (Å²) in [5, 5.41) is 1.20. The fourth-order valence-corrected chi connectivity index (χ4v) is 2.81. The van der Waals surface area contributed by atoms with Gasteiger partial charge in [-0.05, 0) is 44.0 Å². The third-order valence-electron chi connectivity index (χ3n) is 3.87. The third-order valence-corrected chi connectivity index (χ3v) is 3.87. The number of nitrogens with one attached hydrogen (secondary N) is 1. The van der Waals surface area contributed by atoms with Gasteiger partial charge in [-0.15, -0.1) is 6.58 Å². The number of halogens is 1. The van der Waals surface area contributed by atoms with Gasteiger partial charge < -0.3 is 9.72 Å². The number of ether oxygens (including phenoxy) is 1. The number of H-pyrrole nitrogens is 1. The Morgan fingerprint density at radius 3 is 2.86 bits per heavy atom. The molecule has 2 rings (SSSR count). The summed E-state index contributed by atoms with van der Waals surface area (Å²) in [5.74, 6) is 0.891. The molecule has 1 N–H and O–H groups in total. The smallest absolute Gasteiger partial charge is 0.120 e. The normalized spacial score (nSPS) is 11.3.